The summed E-state index contributed by atoms with van der Waals surface area (Å²) in [5.74, 6) is -4.06. The van der Waals surface area contributed by atoms with Crippen LogP contribution in [-0.4, -0.2) is 83.1 Å². The van der Waals surface area contributed by atoms with Gasteiger partial charge in [-0.2, -0.15) is 17.5 Å². The molecule has 0 bridgehead atoms. The Kier molecular flexibility index (Phi) is 8.79. The molecular formula is C24H28F5N7O2S. The fourth-order valence-corrected chi connectivity index (χ4v) is 5.02. The molecular weight excluding hydrogens is 545 g/mol. The summed E-state index contributed by atoms with van der Waals surface area (Å²) in [6.07, 6.45) is -1.02. The number of likely N-dealkylation sites (tertiary alicyclic amines) is 1. The summed E-state index contributed by atoms with van der Waals surface area (Å²) in [6.45, 7) is 3.80. The lowest BCUT2D eigenvalue weighted by Crippen LogP contribution is -2.50. The van der Waals surface area contributed by atoms with E-state index in [9.17, 15) is 26.7 Å². The van der Waals surface area contributed by atoms with E-state index in [4.69, 9.17) is 4.74 Å². The van der Waals surface area contributed by atoms with Crippen LogP contribution in [0.4, 0.5) is 32.6 Å². The molecule has 2 unspecified atom stereocenters. The average Bonchev–Trinajstić information content (AvgIpc) is 3.23. The molecule has 4 heterocycles. The molecule has 2 aromatic rings. The van der Waals surface area contributed by atoms with E-state index in [1.807, 2.05) is 6.92 Å². The van der Waals surface area contributed by atoms with Crippen LogP contribution in [0.25, 0.3) is 0 Å². The largest absolute Gasteiger partial charge is 0.477 e. The van der Waals surface area contributed by atoms with Gasteiger partial charge in [0, 0.05) is 6.07 Å². The maximum absolute atomic E-state index is 14.5. The first-order chi connectivity index (χ1) is 18.5. The van der Waals surface area contributed by atoms with Gasteiger partial charge in [-0.3, -0.25) is 19.7 Å². The molecule has 4 rings (SSSR count). The molecule has 0 aliphatic carbocycles. The minimum atomic E-state index is -4.48. The van der Waals surface area contributed by atoms with Gasteiger partial charge < -0.3 is 15.4 Å². The van der Waals surface area contributed by atoms with Crippen LogP contribution in [0.5, 0.6) is 5.88 Å². The quantitative estimate of drug-likeness (QED) is 0.445. The highest BCUT2D eigenvalue weighted by Gasteiger charge is 2.44. The number of rotatable bonds is 8. The molecule has 9 nitrogen and oxygen atoms in total. The zero-order valence-electron chi connectivity index (χ0n) is 21.3. The van der Waals surface area contributed by atoms with Crippen molar-refractivity contribution in [1.29, 1.82) is 0 Å². The van der Waals surface area contributed by atoms with Crippen molar-refractivity contribution in [2.45, 2.75) is 44.8 Å². The van der Waals surface area contributed by atoms with E-state index in [1.165, 1.54) is 18.3 Å². The molecule has 2 aliphatic heterocycles. The number of nitrogens with one attached hydrogen (secondary N) is 2. The van der Waals surface area contributed by atoms with Crippen LogP contribution in [0.3, 0.4) is 0 Å². The number of amidine groups is 1. The fourth-order valence-electron chi connectivity index (χ4n) is 4.22. The fraction of sp³-hybridized carbons (Fsp3) is 0.542. The van der Waals surface area contributed by atoms with Gasteiger partial charge in [-0.25, -0.2) is 13.8 Å². The van der Waals surface area contributed by atoms with Crippen molar-refractivity contribution >= 4 is 40.2 Å². The Balaban J connectivity index is 1.32. The molecule has 2 atom stereocenters. The van der Waals surface area contributed by atoms with E-state index in [2.05, 4.69) is 30.0 Å². The molecule has 0 radical (unpaired) electrons. The van der Waals surface area contributed by atoms with Crippen molar-refractivity contribution in [2.24, 2.45) is 15.9 Å². The summed E-state index contributed by atoms with van der Waals surface area (Å²) < 4.78 is 77.0. The van der Waals surface area contributed by atoms with Gasteiger partial charge in [0.15, 0.2) is 6.04 Å². The lowest BCUT2D eigenvalue weighted by Gasteiger charge is -2.37. The van der Waals surface area contributed by atoms with Gasteiger partial charge in [0.1, 0.15) is 10.8 Å². The Labute approximate surface area is 225 Å². The Bertz CT molecular complexity index is 1220. The summed E-state index contributed by atoms with van der Waals surface area (Å²) in [4.78, 5) is 26.2. The first-order valence-electron chi connectivity index (χ1n) is 12.3. The number of pyridine rings is 1. The molecule has 15 heteroatoms. The second-order valence-electron chi connectivity index (χ2n) is 9.33. The normalized spacial score (nSPS) is 21.4. The van der Waals surface area contributed by atoms with Gasteiger partial charge in [-0.1, -0.05) is 6.92 Å². The minimum absolute atomic E-state index is 0.0815. The molecule has 1 saturated heterocycles. The Morgan fingerprint density at radius 3 is 2.72 bits per heavy atom. The van der Waals surface area contributed by atoms with E-state index >= 15 is 0 Å². The predicted octanol–water partition coefficient (Wildman–Crippen LogP) is 4.67. The molecule has 39 heavy (non-hydrogen) atoms. The Morgan fingerprint density at radius 2 is 2.10 bits per heavy atom. The molecule has 0 spiro atoms. The first kappa shape index (κ1) is 28.8. The third-order valence-electron chi connectivity index (χ3n) is 6.31. The van der Waals surface area contributed by atoms with Crippen molar-refractivity contribution < 1.29 is 31.5 Å². The van der Waals surface area contributed by atoms with Crippen molar-refractivity contribution in [2.75, 3.05) is 43.4 Å². The molecule has 2 aliphatic rings. The monoisotopic (exact) mass is 573 g/mol. The van der Waals surface area contributed by atoms with E-state index in [-0.39, 0.29) is 30.4 Å². The number of alkyl halides is 5. The van der Waals surface area contributed by atoms with Gasteiger partial charge in [-0.05, 0) is 50.5 Å². The number of piperidine rings is 1. The van der Waals surface area contributed by atoms with E-state index in [0.29, 0.717) is 35.9 Å². The van der Waals surface area contributed by atoms with Crippen LogP contribution >= 0.6 is 11.5 Å². The topological polar surface area (TPSA) is 104 Å². The van der Waals surface area contributed by atoms with Crippen LogP contribution in [0, 0.1) is 12.8 Å². The third-order valence-corrected chi connectivity index (χ3v) is 7.17. The number of carbonyl (C=O) groups excluding carboxylic acids is 1. The highest BCUT2D eigenvalue weighted by molar-refractivity contribution is 7.11. The lowest BCUT2D eigenvalue weighted by molar-refractivity contribution is -0.144. The van der Waals surface area contributed by atoms with Gasteiger partial charge >= 0.3 is 6.18 Å². The minimum Gasteiger partial charge on any atom is -0.477 e. The SMILES string of the molecule is CCCN1CCC(COc2ccc(NC(=O)c3c(C)nsc3NC3=NCC(C(F)(F)F)N=C3)cn2)C(F)(F)C1. The number of aryl methyl sites for hydroxylation is 1. The molecule has 2 aromatic heterocycles. The predicted molar refractivity (Wildman–Crippen MR) is 139 cm³/mol. The third kappa shape index (κ3) is 7.26. The van der Waals surface area contributed by atoms with Crippen molar-refractivity contribution in [3.8, 4) is 5.88 Å². The van der Waals surface area contributed by atoms with Crippen molar-refractivity contribution in [3.63, 3.8) is 0 Å². The van der Waals surface area contributed by atoms with Gasteiger partial charge in [-0.15, -0.1) is 0 Å². The van der Waals surface area contributed by atoms with Crippen LogP contribution in [0.15, 0.2) is 28.3 Å². The molecule has 0 aromatic carbocycles. The number of hydrogen-bond donors (Lipinski definition) is 2. The summed E-state index contributed by atoms with van der Waals surface area (Å²) >= 11 is 0.954. The Morgan fingerprint density at radius 1 is 1.31 bits per heavy atom. The maximum atomic E-state index is 14.5. The highest BCUT2D eigenvalue weighted by atomic mass is 32.1. The van der Waals surface area contributed by atoms with Crippen molar-refractivity contribution in [3.05, 3.63) is 29.6 Å². The number of carbonyl (C=O) groups is 1. The summed E-state index contributed by atoms with van der Waals surface area (Å²) in [5.41, 5.74) is 0.915. The maximum Gasteiger partial charge on any atom is 0.412 e. The van der Waals surface area contributed by atoms with Crippen LogP contribution in [0.1, 0.15) is 35.8 Å². The summed E-state index contributed by atoms with van der Waals surface area (Å²) in [7, 11) is 0. The first-order valence-corrected chi connectivity index (χ1v) is 13.1. The molecule has 2 N–H and O–H groups in total. The number of amides is 1. The van der Waals surface area contributed by atoms with Gasteiger partial charge in [0.25, 0.3) is 11.8 Å². The van der Waals surface area contributed by atoms with E-state index < -0.39 is 36.5 Å². The standard InChI is InChI=1S/C24H28F5N7O2S/c1-3-7-36-8-6-15(23(25,26)13-36)12-38-19-5-4-16(9-32-19)33-21(37)20-14(2)35-39-22(20)34-18-11-30-17(10-31-18)24(27,28)29/h4-5,9,11,15,17H,3,6-8,10,12-13H2,1-2H3,(H,31,34)(H,33,37). The van der Waals surface area contributed by atoms with Gasteiger partial charge in [0.2, 0.25) is 5.88 Å². The number of aromatic nitrogens is 2. The number of aliphatic imine (C=N–C) groups is 2. The summed E-state index contributed by atoms with van der Waals surface area (Å²) in [5, 5.41) is 5.78. The number of ether oxygens (including phenoxy) is 1. The smallest absolute Gasteiger partial charge is 0.412 e. The van der Waals surface area contributed by atoms with E-state index in [0.717, 1.165) is 24.2 Å². The lowest BCUT2D eigenvalue weighted by atomic mass is 9.93. The van der Waals surface area contributed by atoms with E-state index in [1.54, 1.807) is 11.8 Å². The highest BCUT2D eigenvalue weighted by Crippen LogP contribution is 2.33. The van der Waals surface area contributed by atoms with Gasteiger partial charge in [0.05, 0.1) is 55.0 Å². The zero-order valence-corrected chi connectivity index (χ0v) is 22.1. The average molecular weight is 574 g/mol. The second-order valence-corrected chi connectivity index (χ2v) is 10.1. The second kappa shape index (κ2) is 11.9. The van der Waals surface area contributed by atoms with Crippen LogP contribution in [-0.2, 0) is 0 Å². The van der Waals surface area contributed by atoms with Crippen LogP contribution < -0.4 is 15.4 Å². The molecule has 0 saturated carbocycles. The number of hydrogen-bond acceptors (Lipinski definition) is 9. The zero-order chi connectivity index (χ0) is 28.2. The molecule has 1 amide bonds. The number of nitrogens with zero attached hydrogens (tertiary/aromatic N) is 5. The van der Waals surface area contributed by atoms with Crippen LogP contribution in [0.2, 0.25) is 0 Å². The number of halogens is 5. The van der Waals surface area contributed by atoms with Crippen molar-refractivity contribution in [1.82, 2.24) is 14.3 Å². The molecule has 1 fully saturated rings. The summed E-state index contributed by atoms with van der Waals surface area (Å²) in [6, 6.07) is 1.10. The molecule has 212 valence electrons. The Hall–Kier alpha value is -3.20. The number of anilines is 2.